The molecule has 3 nitrogen and oxygen atoms in total. The van der Waals surface area contributed by atoms with Gasteiger partial charge in [0, 0.05) is 27.1 Å². The third kappa shape index (κ3) is 3.17. The zero-order chi connectivity index (χ0) is 10.5. The Hall–Kier alpha value is -0.260. The van der Waals surface area contributed by atoms with Crippen molar-refractivity contribution in [1.82, 2.24) is 0 Å². The molecule has 0 aliphatic carbocycles. The molecule has 0 aromatic carbocycles. The number of rotatable bonds is 6. The number of aliphatic hydroxyl groups excluding tert-OH is 1. The van der Waals surface area contributed by atoms with Gasteiger partial charge in [-0.25, -0.2) is 8.78 Å². The lowest BCUT2D eigenvalue weighted by atomic mass is 10.0. The molecule has 0 aliphatic rings. The zero-order valence-electron chi connectivity index (χ0n) is 8.09. The number of methoxy groups -OCH3 is 2. The molecule has 5 heteroatoms. The molecular weight excluding hydrogens is 182 g/mol. The Morgan fingerprint density at radius 1 is 1.31 bits per heavy atom. The first-order valence-corrected chi connectivity index (χ1v) is 4.09. The van der Waals surface area contributed by atoms with Crippen LogP contribution in [-0.2, 0) is 9.47 Å². The van der Waals surface area contributed by atoms with E-state index in [-0.39, 0.29) is 0 Å². The number of ether oxygens (including phenoxy) is 2. The van der Waals surface area contributed by atoms with Gasteiger partial charge in [-0.2, -0.15) is 0 Å². The summed E-state index contributed by atoms with van der Waals surface area (Å²) in [6.07, 6.45) is -4.21. The highest BCUT2D eigenvalue weighted by Gasteiger charge is 2.37. The second kappa shape index (κ2) is 5.47. The van der Waals surface area contributed by atoms with Crippen molar-refractivity contribution in [2.45, 2.75) is 38.1 Å². The van der Waals surface area contributed by atoms with Gasteiger partial charge in [-0.15, -0.1) is 0 Å². The topological polar surface area (TPSA) is 38.7 Å². The van der Waals surface area contributed by atoms with E-state index in [1.54, 1.807) is 6.92 Å². The van der Waals surface area contributed by atoms with Gasteiger partial charge in [0.05, 0.1) is 0 Å². The van der Waals surface area contributed by atoms with E-state index in [2.05, 4.69) is 0 Å². The van der Waals surface area contributed by atoms with E-state index < -0.39 is 24.7 Å². The first-order valence-electron chi connectivity index (χ1n) is 4.09. The van der Waals surface area contributed by atoms with Gasteiger partial charge in [-0.3, -0.25) is 0 Å². The molecule has 0 amide bonds. The molecule has 13 heavy (non-hydrogen) atoms. The summed E-state index contributed by atoms with van der Waals surface area (Å²) in [6.45, 7) is 1.70. The summed E-state index contributed by atoms with van der Waals surface area (Å²) in [4.78, 5) is 0. The van der Waals surface area contributed by atoms with E-state index >= 15 is 0 Å². The second-order valence-electron chi connectivity index (χ2n) is 2.72. The van der Waals surface area contributed by atoms with E-state index in [1.807, 2.05) is 0 Å². The van der Waals surface area contributed by atoms with E-state index in [1.165, 1.54) is 14.2 Å². The van der Waals surface area contributed by atoms with Crippen LogP contribution in [0.1, 0.15) is 19.8 Å². The van der Waals surface area contributed by atoms with Crippen LogP contribution in [0.25, 0.3) is 0 Å². The molecule has 0 saturated carbocycles. The predicted octanol–water partition coefficient (Wildman–Crippen LogP) is 1.40. The smallest absolute Gasteiger partial charge is 0.241 e. The third-order valence-electron chi connectivity index (χ3n) is 2.09. The third-order valence-corrected chi connectivity index (χ3v) is 2.09. The fourth-order valence-electron chi connectivity index (χ4n) is 1.23. The Bertz CT molecular complexity index is 129. The molecule has 0 radical (unpaired) electrons. The number of alkyl halides is 2. The summed E-state index contributed by atoms with van der Waals surface area (Å²) in [7, 11) is 2.64. The number of aliphatic hydroxyl groups is 1. The van der Waals surface area contributed by atoms with Crippen molar-refractivity contribution in [3.63, 3.8) is 0 Å². The molecule has 1 atom stereocenters. The fourth-order valence-corrected chi connectivity index (χ4v) is 1.23. The van der Waals surface area contributed by atoms with E-state index in [9.17, 15) is 13.9 Å². The van der Waals surface area contributed by atoms with E-state index in [0.717, 1.165) is 0 Å². The van der Waals surface area contributed by atoms with Crippen LogP contribution in [0.2, 0.25) is 0 Å². The molecule has 0 spiro atoms. The first kappa shape index (κ1) is 12.7. The van der Waals surface area contributed by atoms with Gasteiger partial charge in [0.2, 0.25) is 6.43 Å². The lowest BCUT2D eigenvalue weighted by molar-refractivity contribution is -0.265. The molecule has 0 rings (SSSR count). The summed E-state index contributed by atoms with van der Waals surface area (Å²) in [6, 6.07) is 0. The maximum absolute atomic E-state index is 12.0. The maximum atomic E-state index is 12.0. The van der Waals surface area contributed by atoms with Gasteiger partial charge in [-0.05, 0) is 0 Å². The van der Waals surface area contributed by atoms with Crippen molar-refractivity contribution in [3.8, 4) is 0 Å². The fraction of sp³-hybridized carbons (Fsp3) is 1.00. The van der Waals surface area contributed by atoms with Crippen LogP contribution in [0, 0.1) is 0 Å². The normalized spacial score (nSPS) is 15.0. The molecule has 0 aliphatic heterocycles. The van der Waals surface area contributed by atoms with Crippen molar-refractivity contribution in [2.24, 2.45) is 0 Å². The zero-order valence-corrected chi connectivity index (χ0v) is 8.09. The molecule has 0 aromatic heterocycles. The molecular formula is C8H16F2O3. The number of hydrogen-bond acceptors (Lipinski definition) is 3. The van der Waals surface area contributed by atoms with E-state index in [4.69, 9.17) is 9.47 Å². The van der Waals surface area contributed by atoms with Gasteiger partial charge in [0.25, 0.3) is 0 Å². The second-order valence-corrected chi connectivity index (χ2v) is 2.72. The molecule has 0 bridgehead atoms. The Balaban J connectivity index is 4.34. The maximum Gasteiger partial charge on any atom is 0.241 e. The number of hydrogen-bond donors (Lipinski definition) is 1. The van der Waals surface area contributed by atoms with Crippen LogP contribution < -0.4 is 0 Å². The van der Waals surface area contributed by atoms with Gasteiger partial charge >= 0.3 is 0 Å². The lowest BCUT2D eigenvalue weighted by Gasteiger charge is -2.34. The van der Waals surface area contributed by atoms with Crippen LogP contribution in [0.15, 0.2) is 0 Å². The largest absolute Gasteiger partial charge is 0.387 e. The highest BCUT2D eigenvalue weighted by atomic mass is 19.3. The van der Waals surface area contributed by atoms with Crippen molar-refractivity contribution in [1.29, 1.82) is 0 Å². The minimum Gasteiger partial charge on any atom is -0.387 e. The van der Waals surface area contributed by atoms with Gasteiger partial charge < -0.3 is 14.6 Å². The molecule has 80 valence electrons. The Morgan fingerprint density at radius 3 is 2.00 bits per heavy atom. The Morgan fingerprint density at radius 2 is 1.77 bits per heavy atom. The monoisotopic (exact) mass is 198 g/mol. The van der Waals surface area contributed by atoms with Gasteiger partial charge in [0.15, 0.2) is 5.79 Å². The minimum atomic E-state index is -2.56. The highest BCUT2D eigenvalue weighted by Crippen LogP contribution is 2.24. The number of halogens is 2. The summed E-state index contributed by atoms with van der Waals surface area (Å²) >= 11 is 0. The Labute approximate surface area is 76.6 Å². The summed E-state index contributed by atoms with van der Waals surface area (Å²) in [5.74, 6) is -1.31. The van der Waals surface area contributed by atoms with Crippen molar-refractivity contribution < 1.29 is 23.4 Å². The molecule has 0 fully saturated rings. The molecule has 1 unspecified atom stereocenters. The molecule has 1 N–H and O–H groups in total. The lowest BCUT2D eigenvalue weighted by Crippen LogP contribution is -2.46. The van der Waals surface area contributed by atoms with Crippen molar-refractivity contribution in [2.75, 3.05) is 14.2 Å². The summed E-state index contributed by atoms with van der Waals surface area (Å²) in [5.41, 5.74) is 0. The van der Waals surface area contributed by atoms with E-state index in [0.29, 0.717) is 6.42 Å². The molecule has 0 aromatic rings. The van der Waals surface area contributed by atoms with Crippen LogP contribution in [0.3, 0.4) is 0 Å². The van der Waals surface area contributed by atoms with Gasteiger partial charge in [0.1, 0.15) is 6.10 Å². The predicted molar refractivity (Wildman–Crippen MR) is 43.7 cm³/mol. The summed E-state index contributed by atoms with van der Waals surface area (Å²) in [5, 5.41) is 9.40. The molecule has 0 heterocycles. The first-order chi connectivity index (χ1) is 6.02. The van der Waals surface area contributed by atoms with Crippen LogP contribution in [-0.4, -0.2) is 37.6 Å². The van der Waals surface area contributed by atoms with Crippen LogP contribution in [0.5, 0.6) is 0 Å². The molecule has 0 saturated heterocycles. The highest BCUT2D eigenvalue weighted by molar-refractivity contribution is 4.77. The van der Waals surface area contributed by atoms with Crippen LogP contribution in [0.4, 0.5) is 8.78 Å². The summed E-state index contributed by atoms with van der Waals surface area (Å²) < 4.78 is 33.7. The van der Waals surface area contributed by atoms with Crippen molar-refractivity contribution >= 4 is 0 Å². The SMILES string of the molecule is CCC(OC)(OC)C(O)CC(F)F. The average molecular weight is 198 g/mol. The Kier molecular flexibility index (Phi) is 5.36. The quantitative estimate of drug-likeness (QED) is 0.656. The average Bonchev–Trinajstić information content (AvgIpc) is 2.07. The van der Waals surface area contributed by atoms with Gasteiger partial charge in [-0.1, -0.05) is 6.92 Å². The standard InChI is InChI=1S/C8H16F2O3/c1-4-8(12-2,13-3)6(11)5-7(9)10/h6-7,11H,4-5H2,1-3H3. The van der Waals surface area contributed by atoms with Crippen LogP contribution >= 0.6 is 0 Å². The van der Waals surface area contributed by atoms with Crippen molar-refractivity contribution in [3.05, 3.63) is 0 Å². The minimum absolute atomic E-state index is 0.313.